The number of hydrogen-bond donors (Lipinski definition) is 1. The Morgan fingerprint density at radius 2 is 2.10 bits per heavy atom. The minimum Gasteiger partial charge on any atom is -0.504 e. The molecule has 4 nitrogen and oxygen atoms in total. The number of aromatic hydroxyl groups is 1. The summed E-state index contributed by atoms with van der Waals surface area (Å²) in [5.74, 6) is -0.223. The molecule has 0 spiro atoms. The molecule has 1 N–H and O–H groups in total. The molecule has 20 heavy (non-hydrogen) atoms. The van der Waals surface area contributed by atoms with Crippen LogP contribution in [0.5, 0.6) is 5.75 Å². The number of phenolic OH excluding ortho intramolecular Hbond substituents is 1. The Bertz CT molecular complexity index is 689. The number of hydrogen-bond acceptors (Lipinski definition) is 3. The van der Waals surface area contributed by atoms with Gasteiger partial charge in [0.25, 0.3) is 5.56 Å². The van der Waals surface area contributed by atoms with Gasteiger partial charge in [-0.05, 0) is 12.5 Å². The summed E-state index contributed by atoms with van der Waals surface area (Å²) in [4.78, 5) is 16.7. The molecule has 0 fully saturated rings. The molecule has 2 aromatic rings. The van der Waals surface area contributed by atoms with Gasteiger partial charge in [0.05, 0.1) is 21.8 Å². The first-order valence-electron chi connectivity index (χ1n) is 5.62. The molecule has 1 unspecified atom stereocenters. The number of aryl methyl sites for hydroxylation is 1. The number of benzene rings is 1. The first-order valence-corrected chi connectivity index (χ1v) is 7.29. The molecule has 0 saturated carbocycles. The van der Waals surface area contributed by atoms with E-state index in [1.165, 1.54) is 17.0 Å². The van der Waals surface area contributed by atoms with Crippen LogP contribution in [0.3, 0.4) is 0 Å². The molecular formula is C12H12Br2Cl2N2O2. The fourth-order valence-corrected chi connectivity index (χ4v) is 2.46. The number of phenols is 1. The first kappa shape index (κ1) is 17.8. The molecule has 110 valence electrons. The van der Waals surface area contributed by atoms with Gasteiger partial charge in [-0.15, -0.1) is 17.0 Å². The smallest absolute Gasteiger partial charge is 0.262 e. The third kappa shape index (κ3) is 3.47. The second kappa shape index (κ2) is 7.11. The third-order valence-electron chi connectivity index (χ3n) is 2.75. The quantitative estimate of drug-likeness (QED) is 0.720. The Morgan fingerprint density at radius 3 is 2.70 bits per heavy atom. The van der Waals surface area contributed by atoms with Gasteiger partial charge in [-0.1, -0.05) is 46.1 Å². The van der Waals surface area contributed by atoms with Gasteiger partial charge in [0.15, 0.2) is 5.75 Å². The van der Waals surface area contributed by atoms with Crippen molar-refractivity contribution in [2.75, 3.05) is 0 Å². The Morgan fingerprint density at radius 1 is 1.45 bits per heavy atom. The van der Waals surface area contributed by atoms with Crippen LogP contribution in [-0.2, 0) is 6.54 Å². The Labute approximate surface area is 144 Å². The molecule has 0 bridgehead atoms. The molecule has 0 saturated heterocycles. The predicted molar refractivity (Wildman–Crippen MR) is 91.0 cm³/mol. The van der Waals surface area contributed by atoms with Crippen LogP contribution in [0.25, 0.3) is 10.9 Å². The fraction of sp³-hybridized carbons (Fsp3) is 0.333. The molecule has 1 atom stereocenters. The van der Waals surface area contributed by atoms with Crippen LogP contribution < -0.4 is 5.56 Å². The van der Waals surface area contributed by atoms with Crippen molar-refractivity contribution >= 4 is 67.0 Å². The van der Waals surface area contributed by atoms with E-state index >= 15 is 0 Å². The molecule has 8 heteroatoms. The third-order valence-corrected chi connectivity index (χ3v) is 3.79. The summed E-state index contributed by atoms with van der Waals surface area (Å²) in [5.41, 5.74) is -0.152. The highest BCUT2D eigenvalue weighted by Crippen LogP contribution is 2.34. The zero-order chi connectivity index (χ0) is 14.2. The topological polar surface area (TPSA) is 55.1 Å². The largest absolute Gasteiger partial charge is 0.504 e. The van der Waals surface area contributed by atoms with E-state index < -0.39 is 0 Å². The van der Waals surface area contributed by atoms with Crippen molar-refractivity contribution in [2.45, 2.75) is 24.7 Å². The van der Waals surface area contributed by atoms with Crippen molar-refractivity contribution in [1.82, 2.24) is 9.55 Å². The predicted octanol–water partition coefficient (Wildman–Crippen LogP) is 4.16. The van der Waals surface area contributed by atoms with Crippen molar-refractivity contribution in [3.8, 4) is 5.75 Å². The summed E-state index contributed by atoms with van der Waals surface area (Å²) < 4.78 is 1.47. The molecule has 0 aliphatic heterocycles. The lowest BCUT2D eigenvalue weighted by Gasteiger charge is -2.09. The molecule has 1 aromatic carbocycles. The number of alkyl halides is 1. The minimum absolute atomic E-state index is 0. The molecule has 1 aromatic heterocycles. The van der Waals surface area contributed by atoms with Crippen LogP contribution in [0.1, 0.15) is 13.3 Å². The molecule has 0 aliphatic carbocycles. The van der Waals surface area contributed by atoms with Gasteiger partial charge in [-0.2, -0.15) is 0 Å². The summed E-state index contributed by atoms with van der Waals surface area (Å²) >= 11 is 15.2. The van der Waals surface area contributed by atoms with E-state index in [0.717, 1.165) is 6.42 Å². The second-order valence-electron chi connectivity index (χ2n) is 4.22. The van der Waals surface area contributed by atoms with Gasteiger partial charge in [0.1, 0.15) is 5.52 Å². The van der Waals surface area contributed by atoms with Crippen molar-refractivity contribution < 1.29 is 5.11 Å². The molecule has 0 radical (unpaired) electrons. The Hall–Kier alpha value is -0.300. The average molecular weight is 447 g/mol. The summed E-state index contributed by atoms with van der Waals surface area (Å²) in [6, 6.07) is 1.35. The summed E-state index contributed by atoms with van der Waals surface area (Å²) in [6.45, 7) is 2.52. The zero-order valence-electron chi connectivity index (χ0n) is 10.4. The van der Waals surface area contributed by atoms with Crippen molar-refractivity contribution in [1.29, 1.82) is 0 Å². The van der Waals surface area contributed by atoms with E-state index in [2.05, 4.69) is 20.9 Å². The SMILES string of the molecule is Br.CC(Br)CCn1cnc2c(O)c(Cl)cc(Cl)c2c1=O. The number of halogens is 4. The van der Waals surface area contributed by atoms with Crippen molar-refractivity contribution in [3.63, 3.8) is 0 Å². The molecular weight excluding hydrogens is 435 g/mol. The van der Waals surface area contributed by atoms with Gasteiger partial charge >= 0.3 is 0 Å². The van der Waals surface area contributed by atoms with Gasteiger partial charge in [-0.25, -0.2) is 4.98 Å². The minimum atomic E-state index is -0.282. The molecule has 0 amide bonds. The van der Waals surface area contributed by atoms with Crippen molar-refractivity contribution in [3.05, 3.63) is 32.8 Å². The number of rotatable bonds is 3. The fourth-order valence-electron chi connectivity index (χ4n) is 1.73. The highest BCUT2D eigenvalue weighted by molar-refractivity contribution is 9.09. The molecule has 0 aliphatic rings. The maximum Gasteiger partial charge on any atom is 0.262 e. The van der Waals surface area contributed by atoms with Crippen molar-refractivity contribution in [2.24, 2.45) is 0 Å². The van der Waals surface area contributed by atoms with E-state index in [0.29, 0.717) is 11.4 Å². The lowest BCUT2D eigenvalue weighted by molar-refractivity contribution is 0.480. The second-order valence-corrected chi connectivity index (χ2v) is 6.60. The van der Waals surface area contributed by atoms with Gasteiger partial charge in [0, 0.05) is 11.4 Å². The Balaban J connectivity index is 0.00000200. The zero-order valence-corrected chi connectivity index (χ0v) is 15.2. The Kier molecular flexibility index (Phi) is 6.31. The van der Waals surface area contributed by atoms with E-state index in [1.807, 2.05) is 6.92 Å². The highest BCUT2D eigenvalue weighted by atomic mass is 79.9. The van der Waals surface area contributed by atoms with E-state index in [1.54, 1.807) is 0 Å². The van der Waals surface area contributed by atoms with E-state index in [4.69, 9.17) is 23.2 Å². The summed E-state index contributed by atoms with van der Waals surface area (Å²) in [6.07, 6.45) is 2.18. The van der Waals surface area contributed by atoms with Crippen LogP contribution in [0, 0.1) is 0 Å². The number of aromatic nitrogens is 2. The average Bonchev–Trinajstić information content (AvgIpc) is 2.34. The summed E-state index contributed by atoms with van der Waals surface area (Å²) in [5, 5.41) is 10.3. The summed E-state index contributed by atoms with van der Waals surface area (Å²) in [7, 11) is 0. The maximum absolute atomic E-state index is 12.3. The highest BCUT2D eigenvalue weighted by Gasteiger charge is 2.15. The van der Waals surface area contributed by atoms with Gasteiger partial charge in [0.2, 0.25) is 0 Å². The van der Waals surface area contributed by atoms with E-state index in [-0.39, 0.29) is 49.2 Å². The lowest BCUT2D eigenvalue weighted by atomic mass is 10.2. The van der Waals surface area contributed by atoms with Crippen LogP contribution >= 0.6 is 56.1 Å². The lowest BCUT2D eigenvalue weighted by Crippen LogP contribution is -2.22. The van der Waals surface area contributed by atoms with Crippen LogP contribution in [-0.4, -0.2) is 19.5 Å². The normalized spacial score (nSPS) is 12.2. The van der Waals surface area contributed by atoms with Crippen LogP contribution in [0.4, 0.5) is 0 Å². The first-order chi connectivity index (χ1) is 8.91. The van der Waals surface area contributed by atoms with E-state index in [9.17, 15) is 9.90 Å². The van der Waals surface area contributed by atoms with Crippen LogP contribution in [0.2, 0.25) is 10.0 Å². The van der Waals surface area contributed by atoms with Crippen LogP contribution in [0.15, 0.2) is 17.2 Å². The van der Waals surface area contributed by atoms with Gasteiger partial charge < -0.3 is 5.11 Å². The number of fused-ring (bicyclic) bond motifs is 1. The van der Waals surface area contributed by atoms with Gasteiger partial charge in [-0.3, -0.25) is 9.36 Å². The molecule has 2 rings (SSSR count). The standard InChI is InChI=1S/C12H11BrCl2N2O2.BrH/c1-6(13)2-3-17-5-16-10-9(12(17)19)7(14)4-8(15)11(10)18;/h4-6,18H,2-3H2,1H3;1H. The number of nitrogens with zero attached hydrogens (tertiary/aromatic N) is 2. The molecule has 1 heterocycles. The maximum atomic E-state index is 12.3. The monoisotopic (exact) mass is 444 g/mol.